The highest BCUT2D eigenvalue weighted by Gasteiger charge is 2.21. The normalized spacial score (nSPS) is 12.9. The fourth-order valence-electron chi connectivity index (χ4n) is 4.10. The van der Waals surface area contributed by atoms with Gasteiger partial charge in [-0.3, -0.25) is 4.79 Å². The van der Waals surface area contributed by atoms with E-state index in [-0.39, 0.29) is 18.1 Å². The number of fused-ring (bicyclic) bond motifs is 1. The summed E-state index contributed by atoms with van der Waals surface area (Å²) in [6.07, 6.45) is 4.41. The van der Waals surface area contributed by atoms with E-state index >= 15 is 0 Å². The number of nitrogens with one attached hydrogen (secondary N) is 1. The molecule has 6 nitrogen and oxygen atoms in total. The largest absolute Gasteiger partial charge is 0.384 e. The first-order valence-electron chi connectivity index (χ1n) is 12.0. The van der Waals surface area contributed by atoms with E-state index in [1.807, 2.05) is 24.3 Å². The third kappa shape index (κ3) is 6.44. The maximum atomic E-state index is 12.6. The van der Waals surface area contributed by atoms with Crippen molar-refractivity contribution in [2.75, 3.05) is 11.1 Å². The summed E-state index contributed by atoms with van der Waals surface area (Å²) in [6.45, 7) is 2.66. The van der Waals surface area contributed by atoms with E-state index in [0.29, 0.717) is 23.7 Å². The highest BCUT2D eigenvalue weighted by Crippen LogP contribution is 2.24. The van der Waals surface area contributed by atoms with Crippen LogP contribution in [0.15, 0.2) is 85.1 Å². The number of nitrogens with two attached hydrogens (primary N) is 2. The van der Waals surface area contributed by atoms with Gasteiger partial charge in [0.15, 0.2) is 0 Å². The molecule has 3 aromatic carbocycles. The van der Waals surface area contributed by atoms with Crippen molar-refractivity contribution in [3.63, 3.8) is 0 Å². The van der Waals surface area contributed by atoms with Crippen LogP contribution >= 0.6 is 0 Å². The van der Waals surface area contributed by atoms with Crippen molar-refractivity contribution in [1.29, 1.82) is 0 Å². The van der Waals surface area contributed by atoms with Crippen LogP contribution in [0.5, 0.6) is 0 Å². The molecule has 0 radical (unpaired) electrons. The van der Waals surface area contributed by atoms with E-state index in [9.17, 15) is 4.79 Å². The minimum atomic E-state index is -0.292. The van der Waals surface area contributed by atoms with Crippen molar-refractivity contribution in [3.05, 3.63) is 102 Å². The lowest BCUT2D eigenvalue weighted by Gasteiger charge is -2.25. The van der Waals surface area contributed by atoms with Gasteiger partial charge in [0.2, 0.25) is 0 Å². The first-order valence-corrected chi connectivity index (χ1v) is 12.0. The molecule has 1 aromatic heterocycles. The molecule has 4 rings (SSSR count). The number of nitrogen functional groups attached to an aromatic ring is 1. The van der Waals surface area contributed by atoms with E-state index in [4.69, 9.17) is 16.2 Å². The van der Waals surface area contributed by atoms with Gasteiger partial charge in [-0.2, -0.15) is 0 Å². The number of benzene rings is 3. The second-order valence-electron chi connectivity index (χ2n) is 8.74. The van der Waals surface area contributed by atoms with Crippen LogP contribution in [0.25, 0.3) is 10.8 Å². The molecule has 35 heavy (non-hydrogen) atoms. The lowest BCUT2D eigenvalue weighted by Crippen LogP contribution is -2.29. The summed E-state index contributed by atoms with van der Waals surface area (Å²) in [7, 11) is 0. The van der Waals surface area contributed by atoms with Gasteiger partial charge in [-0.05, 0) is 52.6 Å². The summed E-state index contributed by atoms with van der Waals surface area (Å²) in [5.74, 6) is 0.136. The monoisotopic (exact) mass is 468 g/mol. The van der Waals surface area contributed by atoms with Crippen LogP contribution in [0.4, 0.5) is 11.5 Å². The number of amides is 1. The van der Waals surface area contributed by atoms with Gasteiger partial charge in [-0.1, -0.05) is 68.3 Å². The number of hydrogen-bond acceptors (Lipinski definition) is 5. The Morgan fingerprint density at radius 2 is 1.77 bits per heavy atom. The van der Waals surface area contributed by atoms with Crippen molar-refractivity contribution < 1.29 is 9.53 Å². The lowest BCUT2D eigenvalue weighted by molar-refractivity contribution is 0.0162. The van der Waals surface area contributed by atoms with Crippen LogP contribution in [-0.2, 0) is 11.3 Å². The Morgan fingerprint density at radius 1 is 1.00 bits per heavy atom. The Morgan fingerprint density at radius 3 is 2.51 bits per heavy atom. The van der Waals surface area contributed by atoms with Crippen molar-refractivity contribution >= 4 is 28.2 Å². The molecular formula is C29H32N4O2. The molecule has 0 aliphatic heterocycles. The molecule has 0 saturated carbocycles. The number of anilines is 2. The lowest BCUT2D eigenvalue weighted by atomic mass is 9.97. The van der Waals surface area contributed by atoms with Crippen molar-refractivity contribution in [3.8, 4) is 0 Å². The molecule has 5 N–H and O–H groups in total. The van der Waals surface area contributed by atoms with E-state index in [2.05, 4.69) is 47.6 Å². The third-order valence-corrected chi connectivity index (χ3v) is 6.12. The maximum Gasteiger partial charge on any atom is 0.255 e. The van der Waals surface area contributed by atoms with Gasteiger partial charge >= 0.3 is 0 Å². The van der Waals surface area contributed by atoms with E-state index in [1.54, 1.807) is 30.5 Å². The van der Waals surface area contributed by atoms with Crippen molar-refractivity contribution in [2.45, 2.75) is 44.9 Å². The van der Waals surface area contributed by atoms with E-state index < -0.39 is 0 Å². The molecule has 0 aliphatic rings. The van der Waals surface area contributed by atoms with Crippen LogP contribution in [0.2, 0.25) is 0 Å². The van der Waals surface area contributed by atoms with Gasteiger partial charge in [-0.25, -0.2) is 4.98 Å². The zero-order valence-corrected chi connectivity index (χ0v) is 20.0. The predicted octanol–water partition coefficient (Wildman–Crippen LogP) is 5.84. The van der Waals surface area contributed by atoms with Crippen molar-refractivity contribution in [1.82, 2.24) is 4.98 Å². The third-order valence-electron chi connectivity index (χ3n) is 6.12. The molecule has 180 valence electrons. The van der Waals surface area contributed by atoms with Gasteiger partial charge in [0, 0.05) is 23.5 Å². The molecule has 4 aromatic rings. The van der Waals surface area contributed by atoms with Crippen LogP contribution < -0.4 is 16.8 Å². The minimum absolute atomic E-state index is 0.124. The Labute approximate surface area is 206 Å². The summed E-state index contributed by atoms with van der Waals surface area (Å²) >= 11 is 0. The predicted molar refractivity (Wildman–Crippen MR) is 142 cm³/mol. The molecule has 1 heterocycles. The molecule has 2 atom stereocenters. The first kappa shape index (κ1) is 24.4. The Hall–Kier alpha value is -3.74. The number of rotatable bonds is 10. The zero-order valence-electron chi connectivity index (χ0n) is 20.0. The number of carbonyl (C=O) groups is 1. The fourth-order valence-corrected chi connectivity index (χ4v) is 4.10. The number of unbranched alkanes of at least 4 members (excludes halogenated alkanes) is 1. The second kappa shape index (κ2) is 11.6. The number of nitrogens with zero attached hydrogens (tertiary/aromatic N) is 1. The molecule has 0 saturated heterocycles. The Kier molecular flexibility index (Phi) is 8.08. The van der Waals surface area contributed by atoms with Gasteiger partial charge in [-0.15, -0.1) is 0 Å². The summed E-state index contributed by atoms with van der Waals surface area (Å²) < 4.78 is 6.34. The zero-order chi connectivity index (χ0) is 24.6. The topological polar surface area (TPSA) is 103 Å². The molecule has 0 spiro atoms. The molecule has 1 amide bonds. The SMILES string of the molecule is CCCCC(OCc1ccc2ccccc2c1)C(N)c1ccc(C(=O)Nc2ccnc(N)c2)cc1. The van der Waals surface area contributed by atoms with Crippen LogP contribution in [0, 0.1) is 0 Å². The summed E-state index contributed by atoms with van der Waals surface area (Å²) in [4.78, 5) is 16.5. The quantitative estimate of drug-likeness (QED) is 0.271. The summed E-state index contributed by atoms with van der Waals surface area (Å²) in [6, 6.07) is 25.1. The molecule has 0 bridgehead atoms. The van der Waals surface area contributed by atoms with Gasteiger partial charge in [0.25, 0.3) is 5.91 Å². The fraction of sp³-hybridized carbons (Fsp3) is 0.241. The van der Waals surface area contributed by atoms with Crippen LogP contribution in [0.3, 0.4) is 0 Å². The highest BCUT2D eigenvalue weighted by molar-refractivity contribution is 6.04. The van der Waals surface area contributed by atoms with E-state index in [0.717, 1.165) is 30.4 Å². The summed E-state index contributed by atoms with van der Waals surface area (Å²) in [5.41, 5.74) is 15.5. The number of aromatic nitrogens is 1. The number of hydrogen-bond donors (Lipinski definition) is 3. The molecule has 0 aliphatic carbocycles. The van der Waals surface area contributed by atoms with Gasteiger partial charge in [0.1, 0.15) is 5.82 Å². The molecular weight excluding hydrogens is 436 g/mol. The van der Waals surface area contributed by atoms with E-state index in [1.165, 1.54) is 10.8 Å². The average Bonchev–Trinajstić information content (AvgIpc) is 2.88. The second-order valence-corrected chi connectivity index (χ2v) is 8.74. The standard InChI is InChI=1S/C29H32N4O2/c1-2-3-8-26(35-19-20-9-10-21-6-4-5-7-24(21)17-20)28(31)22-11-13-23(14-12-22)29(34)33-25-15-16-32-27(30)18-25/h4-7,9-18,26,28H,2-3,8,19,31H2,1H3,(H3,30,32,33,34). The van der Waals surface area contributed by atoms with Gasteiger partial charge in [0.05, 0.1) is 18.8 Å². The van der Waals surface area contributed by atoms with Gasteiger partial charge < -0.3 is 21.5 Å². The van der Waals surface area contributed by atoms with Crippen LogP contribution in [-0.4, -0.2) is 17.0 Å². The number of carbonyl (C=O) groups excluding carboxylic acids is 1. The van der Waals surface area contributed by atoms with Crippen molar-refractivity contribution in [2.24, 2.45) is 5.73 Å². The molecule has 6 heteroatoms. The number of pyridine rings is 1. The Balaban J connectivity index is 1.42. The smallest absolute Gasteiger partial charge is 0.255 e. The highest BCUT2D eigenvalue weighted by atomic mass is 16.5. The first-order chi connectivity index (χ1) is 17.0. The Bertz CT molecular complexity index is 1270. The number of ether oxygens (including phenoxy) is 1. The minimum Gasteiger partial charge on any atom is -0.384 e. The molecule has 2 unspecified atom stereocenters. The maximum absolute atomic E-state index is 12.6. The van der Waals surface area contributed by atoms with Crippen LogP contribution in [0.1, 0.15) is 53.7 Å². The molecule has 0 fully saturated rings. The summed E-state index contributed by atoms with van der Waals surface area (Å²) in [5, 5.41) is 5.25. The average molecular weight is 469 g/mol.